The van der Waals surface area contributed by atoms with Gasteiger partial charge >= 0.3 is 0 Å². The summed E-state index contributed by atoms with van der Waals surface area (Å²) in [4.78, 5) is 4.68. The third-order valence-electron chi connectivity index (χ3n) is 4.58. The smallest absolute Gasteiger partial charge is 0.219 e. The number of nitrogens with one attached hydrogen (secondary N) is 2. The van der Waals surface area contributed by atoms with Gasteiger partial charge in [-0.2, -0.15) is 0 Å². The van der Waals surface area contributed by atoms with E-state index in [9.17, 15) is 0 Å². The van der Waals surface area contributed by atoms with E-state index in [4.69, 9.17) is 14.2 Å². The monoisotopic (exact) mass is 419 g/mol. The summed E-state index contributed by atoms with van der Waals surface area (Å²) in [7, 11) is 0. The number of aryl methyl sites for hydroxylation is 2. The average Bonchev–Trinajstić information content (AvgIpc) is 3.28. The van der Waals surface area contributed by atoms with E-state index < -0.39 is 0 Å². The highest BCUT2D eigenvalue weighted by Crippen LogP contribution is 2.30. The molecule has 0 bridgehead atoms. The maximum atomic E-state index is 6.07. The minimum absolute atomic E-state index is 0.164. The Labute approximate surface area is 180 Å². The van der Waals surface area contributed by atoms with Crippen LogP contribution < -0.4 is 10.1 Å². The molecule has 0 saturated carbocycles. The number of nitrogens with zero attached hydrogens (tertiary/aromatic N) is 3. The zero-order valence-corrected chi connectivity index (χ0v) is 17.8. The van der Waals surface area contributed by atoms with Crippen molar-refractivity contribution in [3.63, 3.8) is 0 Å². The topological polar surface area (TPSA) is 85.7 Å². The predicted octanol–water partition coefficient (Wildman–Crippen LogP) is 5.03. The van der Waals surface area contributed by atoms with Gasteiger partial charge in [0.25, 0.3) is 0 Å². The number of hydrogen-bond donors (Lipinski definition) is 2. The number of aromatic nitrogens is 4. The van der Waals surface area contributed by atoms with Crippen molar-refractivity contribution in [2.24, 2.45) is 0 Å². The lowest BCUT2D eigenvalue weighted by molar-refractivity contribution is -0.0142. The summed E-state index contributed by atoms with van der Waals surface area (Å²) in [5.74, 6) is 2.65. The molecule has 0 atom stereocenters. The summed E-state index contributed by atoms with van der Waals surface area (Å²) in [6.07, 6.45) is 0. The van der Waals surface area contributed by atoms with Crippen molar-refractivity contribution in [1.82, 2.24) is 19.8 Å². The van der Waals surface area contributed by atoms with Crippen molar-refractivity contribution >= 4 is 11.3 Å². The van der Waals surface area contributed by atoms with Gasteiger partial charge in [0.2, 0.25) is 5.65 Å². The van der Waals surface area contributed by atoms with Crippen molar-refractivity contribution in [1.29, 1.82) is 0 Å². The number of rotatable bonds is 9. The lowest BCUT2D eigenvalue weighted by Crippen LogP contribution is -2.08. The Morgan fingerprint density at radius 3 is 2.55 bits per heavy atom. The lowest BCUT2D eigenvalue weighted by Gasteiger charge is -2.09. The van der Waals surface area contributed by atoms with E-state index in [-0.39, 0.29) is 6.79 Å². The van der Waals surface area contributed by atoms with Crippen molar-refractivity contribution in [2.75, 3.05) is 18.8 Å². The zero-order valence-electron chi connectivity index (χ0n) is 17.8. The molecule has 0 radical (unpaired) electrons. The van der Waals surface area contributed by atoms with E-state index >= 15 is 0 Å². The molecule has 2 aromatic heterocycles. The van der Waals surface area contributed by atoms with Crippen LogP contribution in [0.2, 0.25) is 0 Å². The van der Waals surface area contributed by atoms with Crippen LogP contribution in [-0.4, -0.2) is 33.3 Å². The number of ether oxygens (including phenoxy) is 3. The van der Waals surface area contributed by atoms with E-state index in [1.165, 1.54) is 5.56 Å². The molecule has 0 aliphatic heterocycles. The Morgan fingerprint density at radius 2 is 1.84 bits per heavy atom. The molecule has 8 heteroatoms. The molecule has 4 aromatic rings. The second-order valence-electron chi connectivity index (χ2n) is 7.22. The highest BCUT2D eigenvalue weighted by Gasteiger charge is 2.17. The van der Waals surface area contributed by atoms with Gasteiger partial charge in [0, 0.05) is 11.3 Å². The van der Waals surface area contributed by atoms with Crippen molar-refractivity contribution in [3.05, 3.63) is 72.1 Å². The molecular formula is C23H25N5O3. The Balaban J connectivity index is 1.45. The Morgan fingerprint density at radius 1 is 1.10 bits per heavy atom. The molecule has 4 rings (SSSR count). The molecule has 160 valence electrons. The number of hydrogen-bond acceptors (Lipinski definition) is 6. The summed E-state index contributed by atoms with van der Waals surface area (Å²) in [5, 5.41) is 10.9. The molecule has 0 aliphatic rings. The number of aromatic amines is 1. The molecule has 0 fully saturated rings. The first-order chi connectivity index (χ1) is 15.0. The third kappa shape index (κ3) is 4.87. The van der Waals surface area contributed by atoms with Gasteiger partial charge in [-0.25, -0.2) is 4.98 Å². The second kappa shape index (κ2) is 8.93. The highest BCUT2D eigenvalue weighted by molar-refractivity contribution is 5.65. The van der Waals surface area contributed by atoms with Crippen LogP contribution in [0.5, 0.6) is 11.5 Å². The maximum absolute atomic E-state index is 6.07. The van der Waals surface area contributed by atoms with Crippen LogP contribution >= 0.6 is 0 Å². The van der Waals surface area contributed by atoms with Gasteiger partial charge in [-0.3, -0.25) is 5.10 Å². The quantitative estimate of drug-likeness (QED) is 0.225. The van der Waals surface area contributed by atoms with E-state index in [1.54, 1.807) is 11.6 Å². The molecule has 31 heavy (non-hydrogen) atoms. The minimum atomic E-state index is 0.164. The maximum Gasteiger partial charge on any atom is 0.219 e. The van der Waals surface area contributed by atoms with Crippen LogP contribution in [0, 0.1) is 13.8 Å². The van der Waals surface area contributed by atoms with Gasteiger partial charge in [-0.05, 0) is 57.2 Å². The Hall–Kier alpha value is -3.78. The van der Waals surface area contributed by atoms with Gasteiger partial charge in [-0.15, -0.1) is 9.73 Å². The van der Waals surface area contributed by atoms with Gasteiger partial charge < -0.3 is 19.5 Å². The summed E-state index contributed by atoms with van der Waals surface area (Å²) in [5.41, 5.74) is 4.49. The molecule has 0 saturated heterocycles. The van der Waals surface area contributed by atoms with Crippen molar-refractivity contribution in [3.8, 4) is 22.9 Å². The molecule has 0 spiro atoms. The first-order valence-corrected chi connectivity index (χ1v) is 9.90. The van der Waals surface area contributed by atoms with Crippen LogP contribution in [0.1, 0.15) is 18.2 Å². The average molecular weight is 419 g/mol. The Kier molecular flexibility index (Phi) is 5.90. The van der Waals surface area contributed by atoms with Crippen LogP contribution in [0.25, 0.3) is 17.0 Å². The fourth-order valence-corrected chi connectivity index (χ4v) is 2.94. The van der Waals surface area contributed by atoms with Gasteiger partial charge in [0.05, 0.1) is 11.5 Å². The summed E-state index contributed by atoms with van der Waals surface area (Å²) in [6.45, 7) is 9.90. The van der Waals surface area contributed by atoms with E-state index in [0.29, 0.717) is 29.7 Å². The number of benzene rings is 2. The first kappa shape index (κ1) is 20.5. The molecule has 8 nitrogen and oxygen atoms in total. The second-order valence-corrected chi connectivity index (χ2v) is 7.22. The highest BCUT2D eigenvalue weighted by atomic mass is 16.7. The normalized spacial score (nSPS) is 10.9. The molecule has 2 aromatic carbocycles. The van der Waals surface area contributed by atoms with E-state index in [0.717, 1.165) is 22.7 Å². The SMILES string of the molecule is C=C(C)OCOCNc1ccc(-c2nc3c(Oc4ccc(C)cc4)c(C)[nH]n3n2)cc1. The number of fused-ring (bicyclic) bond motifs is 1. The fraction of sp³-hybridized carbons (Fsp3) is 0.217. The molecule has 2 heterocycles. The summed E-state index contributed by atoms with van der Waals surface area (Å²) >= 11 is 0. The van der Waals surface area contributed by atoms with Crippen LogP contribution in [0.15, 0.2) is 60.9 Å². The lowest BCUT2D eigenvalue weighted by atomic mass is 10.2. The van der Waals surface area contributed by atoms with E-state index in [1.807, 2.05) is 62.4 Å². The van der Waals surface area contributed by atoms with Crippen LogP contribution in [-0.2, 0) is 9.47 Å². The van der Waals surface area contributed by atoms with Crippen LogP contribution in [0.4, 0.5) is 5.69 Å². The number of H-pyrrole nitrogens is 1. The molecule has 0 amide bonds. The van der Waals surface area contributed by atoms with Gasteiger partial charge in [0.1, 0.15) is 12.5 Å². The summed E-state index contributed by atoms with van der Waals surface area (Å²) in [6, 6.07) is 15.7. The third-order valence-corrected chi connectivity index (χ3v) is 4.58. The van der Waals surface area contributed by atoms with E-state index in [2.05, 4.69) is 27.1 Å². The Bertz CT molecular complexity index is 1180. The predicted molar refractivity (Wildman–Crippen MR) is 119 cm³/mol. The minimum Gasteiger partial charge on any atom is -0.473 e. The van der Waals surface area contributed by atoms with Crippen LogP contribution in [0.3, 0.4) is 0 Å². The van der Waals surface area contributed by atoms with Crippen molar-refractivity contribution in [2.45, 2.75) is 20.8 Å². The molecule has 2 N–H and O–H groups in total. The van der Waals surface area contributed by atoms with Gasteiger partial charge in [0.15, 0.2) is 18.4 Å². The van der Waals surface area contributed by atoms with Crippen molar-refractivity contribution < 1.29 is 14.2 Å². The fourth-order valence-electron chi connectivity index (χ4n) is 2.94. The standard InChI is InChI=1S/C23H25N5O3/c1-15(2)30-14-29-13-24-19-9-7-18(8-10-19)22-25-23-21(17(4)26-28(23)27-22)31-20-11-5-16(3)6-12-20/h5-12,24,26H,1,13-14H2,2-4H3. The largest absolute Gasteiger partial charge is 0.473 e. The molecule has 0 aliphatic carbocycles. The number of allylic oxidation sites excluding steroid dienone is 1. The first-order valence-electron chi connectivity index (χ1n) is 9.90. The number of anilines is 1. The summed E-state index contributed by atoms with van der Waals surface area (Å²) < 4.78 is 18.2. The molecule has 0 unspecified atom stereocenters. The molecular weight excluding hydrogens is 394 g/mol. The van der Waals surface area contributed by atoms with Gasteiger partial charge in [-0.1, -0.05) is 24.3 Å². The zero-order chi connectivity index (χ0) is 21.8.